The number of phenolic OH excluding ortho intramolecular Hbond substituents is 1. The van der Waals surface area contributed by atoms with Gasteiger partial charge in [-0.1, -0.05) is 11.6 Å². The lowest BCUT2D eigenvalue weighted by Gasteiger charge is -2.44. The molecule has 0 atom stereocenters. The van der Waals surface area contributed by atoms with Gasteiger partial charge in [-0.3, -0.25) is 14.4 Å². The number of carbonyl (C=O) groups is 3. The standard InChI is InChI=1S/C24H26ClNO6/c1-2-32-19-12-13(11-14(25)24(19)31)21-22-15(5-3-7-17(22)27)26(10-9-20(29)30)16-6-4-8-18(28)23(16)21/h11-12,21,31H,2-10H2,1H3,(H,29,30). The number of nitrogens with zero attached hydrogens (tertiary/aromatic N) is 1. The van der Waals surface area contributed by atoms with E-state index in [9.17, 15) is 24.6 Å². The first-order valence-corrected chi connectivity index (χ1v) is 11.4. The van der Waals surface area contributed by atoms with Crippen molar-refractivity contribution in [3.05, 3.63) is 45.3 Å². The van der Waals surface area contributed by atoms with E-state index in [0.717, 1.165) is 11.4 Å². The largest absolute Gasteiger partial charge is 0.503 e. The predicted octanol–water partition coefficient (Wildman–Crippen LogP) is 4.33. The fourth-order valence-corrected chi connectivity index (χ4v) is 5.27. The number of allylic oxidation sites excluding steroid dienone is 4. The molecular weight excluding hydrogens is 434 g/mol. The van der Waals surface area contributed by atoms with Crippen LogP contribution in [0.3, 0.4) is 0 Å². The number of rotatable bonds is 6. The van der Waals surface area contributed by atoms with E-state index >= 15 is 0 Å². The normalized spacial score (nSPS) is 19.2. The van der Waals surface area contributed by atoms with E-state index in [1.807, 2.05) is 4.90 Å². The molecule has 3 aliphatic rings. The van der Waals surface area contributed by atoms with E-state index in [-0.39, 0.29) is 41.1 Å². The number of aliphatic carboxylic acids is 1. The lowest BCUT2D eigenvalue weighted by Crippen LogP contribution is -2.39. The quantitative estimate of drug-likeness (QED) is 0.652. The first-order valence-electron chi connectivity index (χ1n) is 11.0. The number of carbonyl (C=O) groups excluding carboxylic acids is 2. The molecule has 8 heteroatoms. The minimum atomic E-state index is -0.924. The second-order valence-electron chi connectivity index (χ2n) is 8.29. The van der Waals surface area contributed by atoms with Crippen LogP contribution >= 0.6 is 11.6 Å². The second-order valence-corrected chi connectivity index (χ2v) is 8.69. The Hall–Kier alpha value is -2.80. The molecule has 0 spiro atoms. The summed E-state index contributed by atoms with van der Waals surface area (Å²) in [5, 5.41) is 19.7. The summed E-state index contributed by atoms with van der Waals surface area (Å²) in [5.74, 6) is -1.57. The number of hydrogen-bond acceptors (Lipinski definition) is 6. The Morgan fingerprint density at radius 2 is 1.69 bits per heavy atom. The number of hydrogen-bond donors (Lipinski definition) is 2. The monoisotopic (exact) mass is 459 g/mol. The first kappa shape index (κ1) is 22.4. The maximum atomic E-state index is 13.2. The minimum absolute atomic E-state index is 0.0383. The molecule has 0 unspecified atom stereocenters. The Balaban J connectivity index is 1.93. The number of halogens is 1. The number of ketones is 2. The second kappa shape index (κ2) is 8.98. The van der Waals surface area contributed by atoms with Gasteiger partial charge in [-0.05, 0) is 50.3 Å². The maximum absolute atomic E-state index is 13.2. The lowest BCUT2D eigenvalue weighted by atomic mass is 9.71. The van der Waals surface area contributed by atoms with Crippen LogP contribution in [0.5, 0.6) is 11.5 Å². The van der Waals surface area contributed by atoms with E-state index in [0.29, 0.717) is 61.8 Å². The molecule has 0 saturated carbocycles. The summed E-state index contributed by atoms with van der Waals surface area (Å²) in [6, 6.07) is 3.25. The van der Waals surface area contributed by atoms with Gasteiger partial charge in [0.2, 0.25) is 0 Å². The van der Waals surface area contributed by atoms with Crippen molar-refractivity contribution >= 4 is 29.1 Å². The molecule has 0 saturated heterocycles. The van der Waals surface area contributed by atoms with Crippen molar-refractivity contribution in [2.75, 3.05) is 13.2 Å². The SMILES string of the molecule is CCOc1cc(C2C3=C(CCCC3=O)N(CCC(=O)O)C3=C2C(=O)CCC3)cc(Cl)c1O. The summed E-state index contributed by atoms with van der Waals surface area (Å²) in [6.45, 7) is 2.33. The molecule has 0 aromatic heterocycles. The van der Waals surface area contributed by atoms with Crippen LogP contribution in [-0.4, -0.2) is 45.8 Å². The fourth-order valence-electron chi connectivity index (χ4n) is 5.05. The van der Waals surface area contributed by atoms with Crippen LogP contribution in [0.2, 0.25) is 5.02 Å². The first-order chi connectivity index (χ1) is 15.3. The van der Waals surface area contributed by atoms with Crippen LogP contribution in [0.1, 0.15) is 63.4 Å². The molecule has 32 heavy (non-hydrogen) atoms. The average molecular weight is 460 g/mol. The van der Waals surface area contributed by atoms with Crippen LogP contribution in [-0.2, 0) is 14.4 Å². The number of ether oxygens (including phenoxy) is 1. The van der Waals surface area contributed by atoms with E-state index in [1.54, 1.807) is 19.1 Å². The number of phenols is 1. The lowest BCUT2D eigenvalue weighted by molar-refractivity contribution is -0.137. The van der Waals surface area contributed by atoms with Crippen LogP contribution in [0.4, 0.5) is 0 Å². The number of aromatic hydroxyl groups is 1. The summed E-state index contributed by atoms with van der Waals surface area (Å²) in [6.07, 6.45) is 3.33. The van der Waals surface area contributed by atoms with Crippen molar-refractivity contribution in [1.29, 1.82) is 0 Å². The van der Waals surface area contributed by atoms with Gasteiger partial charge in [0.1, 0.15) is 0 Å². The smallest absolute Gasteiger partial charge is 0.305 e. The zero-order valence-electron chi connectivity index (χ0n) is 17.9. The molecule has 1 aromatic rings. The Labute approximate surface area is 191 Å². The van der Waals surface area contributed by atoms with Crippen LogP contribution in [0, 0.1) is 0 Å². The minimum Gasteiger partial charge on any atom is -0.503 e. The Kier molecular flexibility index (Phi) is 6.29. The van der Waals surface area contributed by atoms with Crippen molar-refractivity contribution in [1.82, 2.24) is 4.90 Å². The van der Waals surface area contributed by atoms with Gasteiger partial charge in [0.25, 0.3) is 0 Å². The van der Waals surface area contributed by atoms with Crippen LogP contribution in [0.15, 0.2) is 34.7 Å². The predicted molar refractivity (Wildman–Crippen MR) is 118 cm³/mol. The van der Waals surface area contributed by atoms with Crippen molar-refractivity contribution < 1.29 is 29.3 Å². The number of carboxylic acids is 1. The molecule has 4 rings (SSSR count). The molecule has 1 heterocycles. The highest BCUT2D eigenvalue weighted by atomic mass is 35.5. The molecule has 0 amide bonds. The summed E-state index contributed by atoms with van der Waals surface area (Å²) in [5.41, 5.74) is 3.32. The molecule has 7 nitrogen and oxygen atoms in total. The van der Waals surface area contributed by atoms with E-state index in [4.69, 9.17) is 16.3 Å². The molecule has 1 aromatic carbocycles. The highest BCUT2D eigenvalue weighted by Crippen LogP contribution is 2.50. The molecule has 2 N–H and O–H groups in total. The topological polar surface area (TPSA) is 104 Å². The third kappa shape index (κ3) is 3.90. The molecule has 2 aliphatic carbocycles. The van der Waals surface area contributed by atoms with E-state index in [1.165, 1.54) is 0 Å². The van der Waals surface area contributed by atoms with Gasteiger partial charge in [-0.2, -0.15) is 0 Å². The van der Waals surface area contributed by atoms with Gasteiger partial charge in [0, 0.05) is 47.8 Å². The van der Waals surface area contributed by atoms with Gasteiger partial charge in [0.05, 0.1) is 18.1 Å². The van der Waals surface area contributed by atoms with Crippen molar-refractivity contribution in [3.8, 4) is 11.5 Å². The van der Waals surface area contributed by atoms with E-state index in [2.05, 4.69) is 0 Å². The fraction of sp³-hybridized carbons (Fsp3) is 0.458. The zero-order valence-corrected chi connectivity index (χ0v) is 18.7. The molecule has 170 valence electrons. The van der Waals surface area contributed by atoms with Crippen molar-refractivity contribution in [2.45, 2.75) is 57.8 Å². The molecule has 0 fully saturated rings. The van der Waals surface area contributed by atoms with E-state index < -0.39 is 11.9 Å². The molecule has 0 radical (unpaired) electrons. The summed E-state index contributed by atoms with van der Waals surface area (Å²) >= 11 is 6.30. The Morgan fingerprint density at radius 1 is 1.09 bits per heavy atom. The zero-order chi connectivity index (χ0) is 23.0. The third-order valence-corrected chi connectivity index (χ3v) is 6.61. The van der Waals surface area contributed by atoms with Crippen molar-refractivity contribution in [2.24, 2.45) is 0 Å². The summed E-state index contributed by atoms with van der Waals surface area (Å²) in [7, 11) is 0. The number of Topliss-reactive ketones (excluding diaryl/α,β-unsaturated/α-hetero) is 2. The highest BCUT2D eigenvalue weighted by molar-refractivity contribution is 6.32. The summed E-state index contributed by atoms with van der Waals surface area (Å²) in [4.78, 5) is 39.6. The van der Waals surface area contributed by atoms with Crippen LogP contribution < -0.4 is 4.74 Å². The number of carboxylic acid groups (broad SMARTS) is 1. The van der Waals surface area contributed by atoms with Crippen molar-refractivity contribution in [3.63, 3.8) is 0 Å². The Bertz CT molecular complexity index is 1010. The molecule has 1 aliphatic heterocycles. The highest BCUT2D eigenvalue weighted by Gasteiger charge is 2.43. The summed E-state index contributed by atoms with van der Waals surface area (Å²) < 4.78 is 5.55. The number of benzene rings is 1. The Morgan fingerprint density at radius 3 is 2.22 bits per heavy atom. The average Bonchev–Trinajstić information content (AvgIpc) is 2.75. The van der Waals surface area contributed by atoms with Gasteiger partial charge < -0.3 is 19.8 Å². The maximum Gasteiger partial charge on any atom is 0.305 e. The molecular formula is C24H26ClNO6. The van der Waals surface area contributed by atoms with Gasteiger partial charge >= 0.3 is 5.97 Å². The molecule has 0 bridgehead atoms. The van der Waals surface area contributed by atoms with Gasteiger partial charge in [-0.25, -0.2) is 0 Å². The van der Waals surface area contributed by atoms with Crippen LogP contribution in [0.25, 0.3) is 0 Å². The van der Waals surface area contributed by atoms with Gasteiger partial charge in [-0.15, -0.1) is 0 Å². The van der Waals surface area contributed by atoms with Gasteiger partial charge in [0.15, 0.2) is 23.1 Å². The third-order valence-electron chi connectivity index (χ3n) is 6.32.